The van der Waals surface area contributed by atoms with Crippen molar-refractivity contribution in [1.29, 1.82) is 0 Å². The zero-order chi connectivity index (χ0) is 15.5. The average molecular weight is 310 g/mol. The second kappa shape index (κ2) is 6.44. The molecule has 1 rings (SSSR count). The van der Waals surface area contributed by atoms with Crippen LogP contribution >= 0.6 is 0 Å². The lowest BCUT2D eigenvalue weighted by atomic mass is 10.3. The maximum absolute atomic E-state index is 13.6. The third kappa shape index (κ3) is 3.63. The Balaban J connectivity index is 3.11. The van der Waals surface area contributed by atoms with Crippen molar-refractivity contribution in [1.82, 2.24) is 4.31 Å². The molecule has 1 aromatic rings. The molecule has 114 valence electrons. The molecular formula is C11H16F2N2O4S. The van der Waals surface area contributed by atoms with Gasteiger partial charge in [-0.1, -0.05) is 0 Å². The van der Waals surface area contributed by atoms with E-state index >= 15 is 0 Å². The minimum Gasteiger partial charge on any atom is -0.399 e. The summed E-state index contributed by atoms with van der Waals surface area (Å²) >= 11 is 0. The van der Waals surface area contributed by atoms with Gasteiger partial charge < -0.3 is 15.6 Å². The van der Waals surface area contributed by atoms with E-state index in [1.54, 1.807) is 0 Å². The van der Waals surface area contributed by atoms with E-state index in [4.69, 9.17) is 5.73 Å². The van der Waals surface area contributed by atoms with Gasteiger partial charge >= 0.3 is 0 Å². The monoisotopic (exact) mass is 310 g/mol. The first-order chi connectivity index (χ1) is 9.20. The first-order valence-corrected chi connectivity index (χ1v) is 7.02. The molecule has 0 bridgehead atoms. The van der Waals surface area contributed by atoms with E-state index < -0.39 is 32.7 Å². The second-order valence-electron chi connectivity index (χ2n) is 4.21. The number of halogens is 2. The van der Waals surface area contributed by atoms with Crippen molar-refractivity contribution in [3.63, 3.8) is 0 Å². The molecule has 0 radical (unpaired) electrons. The topological polar surface area (TPSA) is 92.9 Å². The molecule has 0 aliphatic carbocycles. The summed E-state index contributed by atoms with van der Waals surface area (Å²) in [7, 11) is -1.83. The van der Waals surface area contributed by atoms with Crippen LogP contribution in [0, 0.1) is 11.6 Å². The van der Waals surface area contributed by atoms with Crippen LogP contribution in [0.3, 0.4) is 0 Å². The van der Waals surface area contributed by atoms with Gasteiger partial charge in [0.05, 0.1) is 12.7 Å². The molecule has 0 amide bonds. The zero-order valence-corrected chi connectivity index (χ0v) is 11.8. The van der Waals surface area contributed by atoms with Gasteiger partial charge in [0, 0.05) is 26.4 Å². The van der Waals surface area contributed by atoms with Crippen molar-refractivity contribution in [2.24, 2.45) is 0 Å². The first kappa shape index (κ1) is 16.8. The third-order valence-corrected chi connectivity index (χ3v) is 4.35. The van der Waals surface area contributed by atoms with Crippen LogP contribution in [-0.2, 0) is 14.8 Å². The summed E-state index contributed by atoms with van der Waals surface area (Å²) in [5.41, 5.74) is 5.10. The molecule has 3 N–H and O–H groups in total. The van der Waals surface area contributed by atoms with Crippen molar-refractivity contribution < 1.29 is 27.0 Å². The number of sulfonamides is 1. The number of rotatable bonds is 6. The van der Waals surface area contributed by atoms with Crippen molar-refractivity contribution in [2.75, 3.05) is 33.0 Å². The number of anilines is 1. The largest absolute Gasteiger partial charge is 0.399 e. The Morgan fingerprint density at radius 2 is 2.05 bits per heavy atom. The lowest BCUT2D eigenvalue weighted by molar-refractivity contribution is 0.0554. The van der Waals surface area contributed by atoms with Crippen LogP contribution in [-0.4, -0.2) is 51.2 Å². The Labute approximate surface area is 115 Å². The van der Waals surface area contributed by atoms with Gasteiger partial charge in [0.25, 0.3) is 0 Å². The second-order valence-corrected chi connectivity index (χ2v) is 6.22. The van der Waals surface area contributed by atoms with Crippen LogP contribution in [0.5, 0.6) is 0 Å². The highest BCUT2D eigenvalue weighted by Gasteiger charge is 2.28. The van der Waals surface area contributed by atoms with Gasteiger partial charge in [-0.05, 0) is 12.1 Å². The van der Waals surface area contributed by atoms with Gasteiger partial charge in [-0.2, -0.15) is 4.31 Å². The Morgan fingerprint density at radius 3 is 2.60 bits per heavy atom. The number of nitrogens with two attached hydrogens (primary N) is 1. The van der Waals surface area contributed by atoms with Gasteiger partial charge in [-0.3, -0.25) is 0 Å². The maximum atomic E-state index is 13.6. The highest BCUT2D eigenvalue weighted by molar-refractivity contribution is 7.89. The number of hydrogen-bond donors (Lipinski definition) is 2. The number of nitrogen functional groups attached to an aromatic ring is 1. The van der Waals surface area contributed by atoms with Gasteiger partial charge in [-0.15, -0.1) is 0 Å². The molecule has 0 heterocycles. The molecule has 0 aliphatic rings. The molecule has 1 atom stereocenters. The van der Waals surface area contributed by atoms with E-state index in [9.17, 15) is 22.3 Å². The SMILES string of the molecule is COCC(O)CN(C)S(=O)(=O)c1cc(N)cc(F)c1F. The molecular weight excluding hydrogens is 294 g/mol. The normalized spacial score (nSPS) is 13.7. The van der Waals surface area contributed by atoms with E-state index in [0.717, 1.165) is 13.1 Å². The number of nitrogens with zero attached hydrogens (tertiary/aromatic N) is 1. The van der Waals surface area contributed by atoms with Crippen LogP contribution in [0.4, 0.5) is 14.5 Å². The Morgan fingerprint density at radius 1 is 1.45 bits per heavy atom. The predicted molar refractivity (Wildman–Crippen MR) is 68.5 cm³/mol. The number of aliphatic hydroxyl groups is 1. The Hall–Kier alpha value is -1.29. The fraction of sp³-hybridized carbons (Fsp3) is 0.455. The summed E-state index contributed by atoms with van der Waals surface area (Å²) in [5.74, 6) is -2.86. The molecule has 0 fully saturated rings. The molecule has 1 unspecified atom stereocenters. The quantitative estimate of drug-likeness (QED) is 0.731. The number of likely N-dealkylation sites (N-methyl/N-ethyl adjacent to an activating group) is 1. The zero-order valence-electron chi connectivity index (χ0n) is 11.0. The highest BCUT2D eigenvalue weighted by atomic mass is 32.2. The van der Waals surface area contributed by atoms with E-state index in [0.29, 0.717) is 10.4 Å². The molecule has 20 heavy (non-hydrogen) atoms. The summed E-state index contributed by atoms with van der Waals surface area (Å²) in [6.45, 7) is -0.417. The lowest BCUT2D eigenvalue weighted by Gasteiger charge is -2.20. The maximum Gasteiger partial charge on any atom is 0.246 e. The summed E-state index contributed by atoms with van der Waals surface area (Å²) in [4.78, 5) is -0.873. The average Bonchev–Trinajstić information content (AvgIpc) is 2.33. The number of hydrogen-bond acceptors (Lipinski definition) is 5. The van der Waals surface area contributed by atoms with Crippen LogP contribution in [0.15, 0.2) is 17.0 Å². The van der Waals surface area contributed by atoms with E-state index in [-0.39, 0.29) is 18.8 Å². The van der Waals surface area contributed by atoms with Gasteiger partial charge in [0.2, 0.25) is 10.0 Å². The number of methoxy groups -OCH3 is 1. The van der Waals surface area contributed by atoms with Gasteiger partial charge in [-0.25, -0.2) is 17.2 Å². The molecule has 0 aliphatic heterocycles. The minimum atomic E-state index is -4.31. The van der Waals surface area contributed by atoms with Crippen molar-refractivity contribution in [3.05, 3.63) is 23.8 Å². The summed E-state index contributed by atoms with van der Waals surface area (Å²) < 4.78 is 56.4. The van der Waals surface area contributed by atoms with Crippen molar-refractivity contribution in [2.45, 2.75) is 11.0 Å². The molecule has 0 saturated heterocycles. The lowest BCUT2D eigenvalue weighted by Crippen LogP contribution is -2.36. The number of ether oxygens (including phenoxy) is 1. The molecule has 9 heteroatoms. The van der Waals surface area contributed by atoms with Gasteiger partial charge in [0.1, 0.15) is 4.90 Å². The Bertz CT molecular complexity index is 580. The smallest absolute Gasteiger partial charge is 0.246 e. The standard InChI is InChI=1S/C11H16F2N2O4S/c1-15(5-8(16)6-19-2)20(17,18)10-4-7(14)3-9(12)11(10)13/h3-4,8,16H,5-6,14H2,1-2H3. The summed E-state index contributed by atoms with van der Waals surface area (Å²) in [6.07, 6.45) is -1.09. The van der Waals surface area contributed by atoms with Gasteiger partial charge in [0.15, 0.2) is 11.6 Å². The molecule has 1 aromatic carbocycles. The predicted octanol–water partition coefficient (Wildman–Crippen LogP) is 0.175. The van der Waals surface area contributed by atoms with Crippen LogP contribution in [0.2, 0.25) is 0 Å². The van der Waals surface area contributed by atoms with E-state index in [2.05, 4.69) is 4.74 Å². The number of benzene rings is 1. The molecule has 0 saturated carbocycles. The summed E-state index contributed by atoms with van der Waals surface area (Å²) in [6, 6.07) is 1.51. The Kier molecular flexibility index (Phi) is 5.40. The fourth-order valence-corrected chi connectivity index (χ4v) is 2.89. The minimum absolute atomic E-state index is 0.0897. The van der Waals surface area contributed by atoms with E-state index in [1.165, 1.54) is 7.11 Å². The highest BCUT2D eigenvalue weighted by Crippen LogP contribution is 2.23. The van der Waals surface area contributed by atoms with Crippen LogP contribution in [0.25, 0.3) is 0 Å². The van der Waals surface area contributed by atoms with E-state index in [1.807, 2.05) is 0 Å². The fourth-order valence-electron chi connectivity index (χ4n) is 1.58. The number of aliphatic hydroxyl groups excluding tert-OH is 1. The van der Waals surface area contributed by atoms with Crippen molar-refractivity contribution in [3.8, 4) is 0 Å². The van der Waals surface area contributed by atoms with Crippen LogP contribution < -0.4 is 5.73 Å². The summed E-state index contributed by atoms with van der Waals surface area (Å²) in [5, 5.41) is 9.48. The van der Waals surface area contributed by atoms with Crippen molar-refractivity contribution >= 4 is 15.7 Å². The van der Waals surface area contributed by atoms with Crippen LogP contribution in [0.1, 0.15) is 0 Å². The first-order valence-electron chi connectivity index (χ1n) is 5.58. The molecule has 6 nitrogen and oxygen atoms in total. The third-order valence-electron chi connectivity index (χ3n) is 2.53. The molecule has 0 spiro atoms. The molecule has 0 aromatic heterocycles.